The molecule has 0 bridgehead atoms. The van der Waals surface area contributed by atoms with Crippen molar-refractivity contribution in [3.63, 3.8) is 0 Å². The molecular weight excluding hydrogens is 209 g/mol. The number of thioether (sulfide) groups is 1. The second-order valence-electron chi connectivity index (χ2n) is 2.65. The number of hydrogen-bond donors (Lipinski definition) is 1. The van der Waals surface area contributed by atoms with E-state index < -0.39 is 5.69 Å². The highest BCUT2D eigenvalue weighted by atomic mass is 32.2. The van der Waals surface area contributed by atoms with Crippen LogP contribution >= 0.6 is 11.8 Å². The molecule has 1 atom stereocenters. The molecule has 0 saturated carbocycles. The number of anilines is 1. The predicted molar refractivity (Wildman–Crippen MR) is 50.7 cm³/mol. The molecule has 0 aromatic carbocycles. The molecule has 0 radical (unpaired) electrons. The zero-order valence-corrected chi connectivity index (χ0v) is 7.96. The van der Waals surface area contributed by atoms with Crippen LogP contribution in [-0.2, 0) is 4.74 Å². The molecule has 1 saturated heterocycles. The standard InChI is InChI=1S/C7H8FN3O2S/c8-10-5-1-2-11(6(12)9-5)7-13-3-4-14-7/h1-2,7H,3-4H2,(H,9,10,12). The van der Waals surface area contributed by atoms with Gasteiger partial charge in [0.25, 0.3) is 0 Å². The lowest BCUT2D eigenvalue weighted by Crippen LogP contribution is -2.25. The molecule has 1 N–H and O–H groups in total. The van der Waals surface area contributed by atoms with Gasteiger partial charge in [0.1, 0.15) is 0 Å². The summed E-state index contributed by atoms with van der Waals surface area (Å²) in [6, 6.07) is 1.38. The monoisotopic (exact) mass is 217 g/mol. The molecule has 76 valence electrons. The van der Waals surface area contributed by atoms with Crippen LogP contribution in [0.2, 0.25) is 0 Å². The molecule has 0 spiro atoms. The molecule has 1 unspecified atom stereocenters. The third-order valence-corrected chi connectivity index (χ3v) is 2.81. The quantitative estimate of drug-likeness (QED) is 0.741. The molecule has 7 heteroatoms. The number of halogens is 1. The summed E-state index contributed by atoms with van der Waals surface area (Å²) in [7, 11) is 0. The number of hydrogen-bond acceptors (Lipinski definition) is 5. The molecular formula is C7H8FN3O2S. The van der Waals surface area contributed by atoms with Gasteiger partial charge in [-0.1, -0.05) is 0 Å². The van der Waals surface area contributed by atoms with Crippen molar-refractivity contribution in [2.75, 3.05) is 17.9 Å². The van der Waals surface area contributed by atoms with Crippen LogP contribution in [0.4, 0.5) is 10.3 Å². The lowest BCUT2D eigenvalue weighted by molar-refractivity contribution is 0.0933. The molecule has 1 aliphatic rings. The summed E-state index contributed by atoms with van der Waals surface area (Å²) < 4.78 is 18.5. The van der Waals surface area contributed by atoms with Crippen LogP contribution in [0.3, 0.4) is 0 Å². The van der Waals surface area contributed by atoms with E-state index in [1.165, 1.54) is 34.1 Å². The van der Waals surface area contributed by atoms with E-state index in [0.717, 1.165) is 5.75 Å². The third-order valence-electron chi connectivity index (χ3n) is 1.76. The molecule has 1 aliphatic heterocycles. The van der Waals surface area contributed by atoms with Gasteiger partial charge in [-0.15, -0.1) is 16.2 Å². The van der Waals surface area contributed by atoms with E-state index in [0.29, 0.717) is 6.61 Å². The minimum atomic E-state index is -0.521. The normalized spacial score (nSPS) is 21.1. The zero-order chi connectivity index (χ0) is 9.97. The van der Waals surface area contributed by atoms with Crippen LogP contribution in [-0.4, -0.2) is 21.9 Å². The number of aromatic nitrogens is 2. The Morgan fingerprint density at radius 2 is 2.64 bits per heavy atom. The fourth-order valence-corrected chi connectivity index (χ4v) is 2.04. The molecule has 1 fully saturated rings. The number of nitrogens with one attached hydrogen (secondary N) is 1. The summed E-state index contributed by atoms with van der Waals surface area (Å²) in [5.74, 6) is 0.759. The lowest BCUT2D eigenvalue weighted by atomic mass is 10.6. The van der Waals surface area contributed by atoms with E-state index in [2.05, 4.69) is 4.98 Å². The average molecular weight is 217 g/mol. The van der Waals surface area contributed by atoms with Crippen LogP contribution in [0.15, 0.2) is 17.1 Å². The second kappa shape index (κ2) is 3.97. The van der Waals surface area contributed by atoms with Gasteiger partial charge >= 0.3 is 5.69 Å². The van der Waals surface area contributed by atoms with E-state index in [1.807, 2.05) is 0 Å². The van der Waals surface area contributed by atoms with Crippen molar-refractivity contribution in [3.05, 3.63) is 22.7 Å². The third kappa shape index (κ3) is 1.73. The summed E-state index contributed by atoms with van der Waals surface area (Å²) in [5, 5.41) is 0. The predicted octanol–water partition coefficient (Wildman–Crippen LogP) is 0.759. The summed E-state index contributed by atoms with van der Waals surface area (Å²) in [4.78, 5) is 14.8. The lowest BCUT2D eigenvalue weighted by Gasteiger charge is -2.11. The maximum atomic E-state index is 11.9. The topological polar surface area (TPSA) is 56.2 Å². The average Bonchev–Trinajstić information content (AvgIpc) is 2.70. The second-order valence-corrected chi connectivity index (χ2v) is 3.79. The van der Waals surface area contributed by atoms with Crippen molar-refractivity contribution in [2.45, 2.75) is 5.56 Å². The van der Waals surface area contributed by atoms with Gasteiger partial charge in [0.15, 0.2) is 11.4 Å². The van der Waals surface area contributed by atoms with Crippen LogP contribution in [0.1, 0.15) is 5.56 Å². The summed E-state index contributed by atoms with van der Waals surface area (Å²) in [5.41, 5.74) is 0.462. The van der Waals surface area contributed by atoms with Crippen LogP contribution in [0.5, 0.6) is 0 Å². The fourth-order valence-electron chi connectivity index (χ4n) is 1.13. The Hall–Kier alpha value is -1.08. The highest BCUT2D eigenvalue weighted by Gasteiger charge is 2.19. The van der Waals surface area contributed by atoms with E-state index >= 15 is 0 Å². The van der Waals surface area contributed by atoms with Gasteiger partial charge in [-0.2, -0.15) is 4.98 Å². The summed E-state index contributed by atoms with van der Waals surface area (Å²) in [6.07, 6.45) is 1.46. The Bertz CT molecular complexity index is 377. The molecule has 0 amide bonds. The molecule has 0 aliphatic carbocycles. The molecule has 14 heavy (non-hydrogen) atoms. The van der Waals surface area contributed by atoms with Crippen LogP contribution < -0.4 is 11.2 Å². The molecule has 1 aromatic rings. The molecule has 2 heterocycles. The van der Waals surface area contributed by atoms with E-state index in [-0.39, 0.29) is 11.4 Å². The number of nitrogens with zero attached hydrogens (tertiary/aromatic N) is 2. The minimum Gasteiger partial charge on any atom is -0.347 e. The number of ether oxygens (including phenoxy) is 1. The van der Waals surface area contributed by atoms with Gasteiger partial charge in [0.2, 0.25) is 0 Å². The van der Waals surface area contributed by atoms with Gasteiger partial charge < -0.3 is 4.74 Å². The maximum absolute atomic E-state index is 11.9. The largest absolute Gasteiger partial charge is 0.352 e. The SMILES string of the molecule is O=c1nc(NF)ccn1C1OCCS1. The van der Waals surface area contributed by atoms with E-state index in [4.69, 9.17) is 4.74 Å². The van der Waals surface area contributed by atoms with Crippen molar-refractivity contribution in [1.82, 2.24) is 9.55 Å². The zero-order valence-electron chi connectivity index (χ0n) is 7.14. The summed E-state index contributed by atoms with van der Waals surface area (Å²) in [6.45, 7) is 0.616. The van der Waals surface area contributed by atoms with Gasteiger partial charge in [-0.3, -0.25) is 4.57 Å². The van der Waals surface area contributed by atoms with Crippen LogP contribution in [0, 0.1) is 0 Å². The Balaban J connectivity index is 2.30. The Morgan fingerprint density at radius 3 is 3.21 bits per heavy atom. The first-order chi connectivity index (χ1) is 6.81. The van der Waals surface area contributed by atoms with Crippen LogP contribution in [0.25, 0.3) is 0 Å². The van der Waals surface area contributed by atoms with Crippen molar-refractivity contribution in [2.24, 2.45) is 0 Å². The molecule has 2 rings (SSSR count). The highest BCUT2D eigenvalue weighted by Crippen LogP contribution is 2.28. The van der Waals surface area contributed by atoms with Crippen molar-refractivity contribution >= 4 is 17.6 Å². The molecule has 5 nitrogen and oxygen atoms in total. The first kappa shape index (κ1) is 9.47. The molecule has 1 aromatic heterocycles. The number of rotatable bonds is 2. The smallest absolute Gasteiger partial charge is 0.347 e. The van der Waals surface area contributed by atoms with E-state index in [1.54, 1.807) is 0 Å². The minimum absolute atomic E-state index is 0.0887. The van der Waals surface area contributed by atoms with Gasteiger partial charge in [0.05, 0.1) is 6.61 Å². The van der Waals surface area contributed by atoms with Crippen molar-refractivity contribution in [1.29, 1.82) is 0 Å². The highest BCUT2D eigenvalue weighted by molar-refractivity contribution is 7.99. The van der Waals surface area contributed by atoms with Gasteiger partial charge in [-0.05, 0) is 6.07 Å². The fraction of sp³-hybridized carbons (Fsp3) is 0.429. The first-order valence-corrected chi connectivity index (χ1v) is 5.05. The Kier molecular flexibility index (Phi) is 2.69. The van der Waals surface area contributed by atoms with Crippen molar-refractivity contribution in [3.8, 4) is 0 Å². The van der Waals surface area contributed by atoms with Gasteiger partial charge in [-0.25, -0.2) is 10.3 Å². The van der Waals surface area contributed by atoms with Gasteiger partial charge in [0, 0.05) is 11.9 Å². The Labute approximate surface area is 83.2 Å². The van der Waals surface area contributed by atoms with Crippen molar-refractivity contribution < 1.29 is 9.22 Å². The summed E-state index contributed by atoms with van der Waals surface area (Å²) >= 11 is 1.51. The van der Waals surface area contributed by atoms with E-state index in [9.17, 15) is 9.28 Å². The Morgan fingerprint density at radius 1 is 1.79 bits per heavy atom. The maximum Gasteiger partial charge on any atom is 0.352 e. The first-order valence-electron chi connectivity index (χ1n) is 4.00.